The van der Waals surface area contributed by atoms with Gasteiger partial charge in [0.2, 0.25) is 0 Å². The minimum Gasteiger partial charge on any atom is -0.0617 e. The number of fused-ring (bicyclic) bond motifs is 7. The van der Waals surface area contributed by atoms with Gasteiger partial charge in [-0.05, 0) is 0 Å². The summed E-state index contributed by atoms with van der Waals surface area (Å²) in [5.74, 6) is 0. The molecule has 0 fully saturated rings. The molecule has 12 aromatic carbocycles. The van der Waals surface area contributed by atoms with Gasteiger partial charge in [0.05, 0.1) is 0 Å². The van der Waals surface area contributed by atoms with E-state index in [-0.39, 0.29) is 14.5 Å². The van der Waals surface area contributed by atoms with Crippen LogP contribution >= 0.6 is 0 Å². The van der Waals surface area contributed by atoms with Crippen LogP contribution in [-0.2, 0) is 0 Å². The Morgan fingerprint density at radius 1 is 0.200 bits per heavy atom. The average molecular weight is 888 g/mol. The maximum atomic E-state index is 2.52. The summed E-state index contributed by atoms with van der Waals surface area (Å²) < 4.78 is 2.88. The van der Waals surface area contributed by atoms with Crippen molar-refractivity contribution in [2.45, 2.75) is 0 Å². The van der Waals surface area contributed by atoms with Crippen LogP contribution in [0.2, 0.25) is 0 Å². The van der Waals surface area contributed by atoms with Crippen LogP contribution < -0.4 is 0 Å². The monoisotopic (exact) mass is 888 g/mol. The molecule has 0 radical (unpaired) electrons. The number of benzene rings is 12. The fourth-order valence-electron chi connectivity index (χ4n) is 10.6. The number of hydrogen-bond acceptors (Lipinski definition) is 0. The average Bonchev–Trinajstić information content (AvgIpc) is 3.76. The van der Waals surface area contributed by atoms with E-state index in [4.69, 9.17) is 0 Å². The minimum atomic E-state index is 0.181. The van der Waals surface area contributed by atoms with Crippen molar-refractivity contribution in [2.24, 2.45) is 0 Å². The quantitative estimate of drug-likeness (QED) is 0.115. The Hall–Kier alpha value is -7.80. The summed E-state index contributed by atoms with van der Waals surface area (Å²) in [4.78, 5) is 0. The van der Waals surface area contributed by atoms with E-state index < -0.39 is 0 Å². The third kappa shape index (κ3) is 6.20. The van der Waals surface area contributed by atoms with Gasteiger partial charge in [0.25, 0.3) is 0 Å². The summed E-state index contributed by atoms with van der Waals surface area (Å²) in [7, 11) is 0. The van der Waals surface area contributed by atoms with Gasteiger partial charge in [-0.25, -0.2) is 0 Å². The van der Waals surface area contributed by atoms with Gasteiger partial charge in [-0.3, -0.25) is 0 Å². The fourth-order valence-corrected chi connectivity index (χ4v) is 13.0. The predicted octanol–water partition coefficient (Wildman–Crippen LogP) is 17.7. The molecule has 0 atom stereocenters. The second-order valence-corrected chi connectivity index (χ2v) is 19.3. The van der Waals surface area contributed by atoms with Crippen molar-refractivity contribution in [1.29, 1.82) is 0 Å². The minimum absolute atomic E-state index is 0.181. The van der Waals surface area contributed by atoms with Crippen molar-refractivity contribution >= 4 is 76.9 Å². The van der Waals surface area contributed by atoms with Gasteiger partial charge in [0.1, 0.15) is 0 Å². The predicted molar refractivity (Wildman–Crippen MR) is 281 cm³/mol. The molecule has 13 rings (SSSR count). The summed E-state index contributed by atoms with van der Waals surface area (Å²) >= 11 is 0.181. The van der Waals surface area contributed by atoms with Gasteiger partial charge in [-0.15, -0.1) is 0 Å². The zero-order valence-electron chi connectivity index (χ0n) is 35.5. The first-order chi connectivity index (χ1) is 32.3. The molecule has 0 nitrogen and oxygen atoms in total. The second kappa shape index (κ2) is 15.5. The molecule has 0 amide bonds. The van der Waals surface area contributed by atoms with Gasteiger partial charge >= 0.3 is 338 Å². The molecule has 0 aliphatic heterocycles. The van der Waals surface area contributed by atoms with Gasteiger partial charge in [0, 0.05) is 0 Å². The normalized spacial score (nSPS) is 11.7. The Morgan fingerprint density at radius 3 is 1.00 bits per heavy atom. The molecule has 65 heavy (non-hydrogen) atoms. The van der Waals surface area contributed by atoms with Crippen LogP contribution in [0.5, 0.6) is 0 Å². The van der Waals surface area contributed by atoms with Crippen LogP contribution in [0.15, 0.2) is 243 Å². The summed E-state index contributed by atoms with van der Waals surface area (Å²) in [6.07, 6.45) is 0. The van der Waals surface area contributed by atoms with Crippen molar-refractivity contribution in [1.82, 2.24) is 0 Å². The first-order valence-electron chi connectivity index (χ1n) is 22.4. The zero-order valence-corrected chi connectivity index (χ0v) is 37.2. The molecule has 0 saturated heterocycles. The van der Waals surface area contributed by atoms with Crippen LogP contribution in [0.1, 0.15) is 0 Å². The molecule has 0 unspecified atom stereocenters. The summed E-state index contributed by atoms with van der Waals surface area (Å²) in [5.41, 5.74) is 15.1. The molecule has 0 spiro atoms. The molecule has 13 aromatic rings. The van der Waals surface area contributed by atoms with Crippen molar-refractivity contribution < 1.29 is 0 Å². The van der Waals surface area contributed by atoms with Crippen molar-refractivity contribution in [2.75, 3.05) is 0 Å². The molecule has 0 saturated carbocycles. The number of rotatable bonds is 6. The van der Waals surface area contributed by atoms with E-state index in [1.54, 1.807) is 0 Å². The summed E-state index contributed by atoms with van der Waals surface area (Å²) in [6, 6.07) is 90.2. The first kappa shape index (κ1) is 37.7. The number of hydrogen-bond donors (Lipinski definition) is 0. The largest absolute Gasteiger partial charge is 0.0617 e. The Morgan fingerprint density at radius 2 is 0.554 bits per heavy atom. The van der Waals surface area contributed by atoms with Gasteiger partial charge in [-0.2, -0.15) is 0 Å². The Bertz CT molecular complexity index is 3870. The van der Waals surface area contributed by atoms with E-state index in [1.807, 2.05) is 0 Å². The van der Waals surface area contributed by atoms with E-state index in [1.165, 1.54) is 129 Å². The van der Waals surface area contributed by atoms with Crippen LogP contribution in [-0.4, -0.2) is 14.5 Å². The SMILES string of the molecule is c1ccc(-c2cccc(-c3c4ccccc4c(-c4ccc5[se]c6cccc(-c7c8ccccc8c(-c8cccc(-c9ccccc9)c8)c8ccccc78)c6c5c4)c4ccccc34)c2)cc1. The summed E-state index contributed by atoms with van der Waals surface area (Å²) in [6.45, 7) is 0. The molecule has 1 heteroatoms. The molecule has 0 aliphatic rings. The van der Waals surface area contributed by atoms with Gasteiger partial charge in [0.15, 0.2) is 0 Å². The van der Waals surface area contributed by atoms with Gasteiger partial charge < -0.3 is 0 Å². The molecule has 0 bridgehead atoms. The zero-order chi connectivity index (χ0) is 42.8. The van der Waals surface area contributed by atoms with Crippen molar-refractivity contribution in [3.63, 3.8) is 0 Å². The molecule has 0 N–H and O–H groups in total. The maximum absolute atomic E-state index is 2.52. The standard InChI is InChI=1S/C64H40Se/c1-3-18-41(19-4-1)43-22-15-24-45(38-43)60-48-26-7-9-28-50(48)62(51-29-10-8-27-49(51)60)47-36-37-58-57(40-47)64-56(34-17-35-59(64)65-58)63-54-32-13-11-30-52(54)61(53-31-12-14-33-55(53)63)46-25-16-23-44(39-46)42-20-5-2-6-21-42/h1-40H. The summed E-state index contributed by atoms with van der Waals surface area (Å²) in [5, 5.41) is 12.9. The molecular formula is C64H40Se. The van der Waals surface area contributed by atoms with Crippen molar-refractivity contribution in [3.8, 4) is 66.8 Å². The van der Waals surface area contributed by atoms with Crippen LogP contribution in [0.25, 0.3) is 129 Å². The van der Waals surface area contributed by atoms with E-state index in [0.29, 0.717) is 0 Å². The van der Waals surface area contributed by atoms with E-state index in [0.717, 1.165) is 0 Å². The fraction of sp³-hybridized carbons (Fsp3) is 0. The van der Waals surface area contributed by atoms with Crippen LogP contribution in [0.4, 0.5) is 0 Å². The third-order valence-electron chi connectivity index (χ3n) is 13.4. The Balaban J connectivity index is 1.04. The van der Waals surface area contributed by atoms with Crippen LogP contribution in [0, 0.1) is 0 Å². The molecular weight excluding hydrogens is 848 g/mol. The molecule has 1 heterocycles. The van der Waals surface area contributed by atoms with E-state index in [2.05, 4.69) is 243 Å². The van der Waals surface area contributed by atoms with Gasteiger partial charge in [-0.1, -0.05) is 48.5 Å². The maximum Gasteiger partial charge on any atom is -0.0544 e. The molecule has 0 aliphatic carbocycles. The Kier molecular flexibility index (Phi) is 8.98. The Labute approximate surface area is 384 Å². The second-order valence-electron chi connectivity index (χ2n) is 17.1. The van der Waals surface area contributed by atoms with E-state index in [9.17, 15) is 0 Å². The van der Waals surface area contributed by atoms with Crippen LogP contribution in [0.3, 0.4) is 0 Å². The first-order valence-corrected chi connectivity index (χ1v) is 24.1. The van der Waals surface area contributed by atoms with E-state index >= 15 is 0 Å². The topological polar surface area (TPSA) is 0 Å². The molecule has 302 valence electrons. The smallest absolute Gasteiger partial charge is 0.0544 e. The molecule has 1 aromatic heterocycles. The third-order valence-corrected chi connectivity index (χ3v) is 15.8. The van der Waals surface area contributed by atoms with Crippen molar-refractivity contribution in [3.05, 3.63) is 243 Å².